The van der Waals surface area contributed by atoms with E-state index in [0.717, 1.165) is 6.42 Å². The van der Waals surface area contributed by atoms with Crippen molar-refractivity contribution in [2.75, 3.05) is 4.90 Å². The van der Waals surface area contributed by atoms with Gasteiger partial charge in [-0.05, 0) is 62.3 Å². The van der Waals surface area contributed by atoms with Gasteiger partial charge in [0.1, 0.15) is 0 Å². The van der Waals surface area contributed by atoms with Gasteiger partial charge in [0, 0.05) is 23.8 Å². The van der Waals surface area contributed by atoms with Crippen molar-refractivity contribution in [2.24, 2.45) is 5.73 Å². The van der Waals surface area contributed by atoms with Gasteiger partial charge in [-0.1, -0.05) is 13.0 Å². The largest absolute Gasteiger partial charge is 0.365 e. The molecule has 0 saturated carbocycles. The van der Waals surface area contributed by atoms with Crippen LogP contribution in [0.2, 0.25) is 0 Å². The Morgan fingerprint density at radius 1 is 1.22 bits per heavy atom. The van der Waals surface area contributed by atoms with Gasteiger partial charge in [-0.3, -0.25) is 0 Å². The van der Waals surface area contributed by atoms with E-state index in [4.69, 9.17) is 5.73 Å². The highest BCUT2D eigenvalue weighted by atomic mass is 15.2. The van der Waals surface area contributed by atoms with Crippen LogP contribution >= 0.6 is 0 Å². The molecule has 2 aliphatic heterocycles. The molecule has 98 valence electrons. The summed E-state index contributed by atoms with van der Waals surface area (Å²) in [7, 11) is 0. The monoisotopic (exact) mass is 244 g/mol. The molecule has 0 radical (unpaired) electrons. The van der Waals surface area contributed by atoms with Gasteiger partial charge in [0.25, 0.3) is 0 Å². The number of nitrogens with zero attached hydrogens (tertiary/aromatic N) is 1. The number of fused-ring (bicyclic) bond motifs is 2. The fraction of sp³-hybridized carbons (Fsp3) is 0.625. The van der Waals surface area contributed by atoms with Crippen LogP contribution in [0.5, 0.6) is 0 Å². The molecule has 0 aromatic heterocycles. The van der Waals surface area contributed by atoms with Gasteiger partial charge < -0.3 is 10.6 Å². The van der Waals surface area contributed by atoms with Crippen molar-refractivity contribution in [3.05, 3.63) is 29.3 Å². The Morgan fingerprint density at radius 3 is 2.50 bits per heavy atom. The number of rotatable bonds is 2. The van der Waals surface area contributed by atoms with E-state index >= 15 is 0 Å². The first-order chi connectivity index (χ1) is 8.69. The van der Waals surface area contributed by atoms with E-state index in [0.29, 0.717) is 18.1 Å². The number of aryl methyl sites for hydroxylation is 2. The van der Waals surface area contributed by atoms with Crippen molar-refractivity contribution in [1.82, 2.24) is 0 Å². The van der Waals surface area contributed by atoms with E-state index in [2.05, 4.69) is 36.9 Å². The zero-order valence-corrected chi connectivity index (χ0v) is 11.5. The molecule has 2 saturated heterocycles. The second-order valence-corrected chi connectivity index (χ2v) is 5.99. The molecule has 2 bridgehead atoms. The molecule has 3 rings (SSSR count). The maximum Gasteiger partial charge on any atom is 0.0374 e. The number of anilines is 1. The molecular weight excluding hydrogens is 220 g/mol. The van der Waals surface area contributed by atoms with Crippen LogP contribution in [0.25, 0.3) is 0 Å². The molecule has 2 heterocycles. The van der Waals surface area contributed by atoms with Crippen LogP contribution in [0.1, 0.15) is 43.7 Å². The first-order valence-corrected chi connectivity index (χ1v) is 7.32. The number of hydrogen-bond acceptors (Lipinski definition) is 2. The summed E-state index contributed by atoms with van der Waals surface area (Å²) in [5.41, 5.74) is 10.5. The van der Waals surface area contributed by atoms with E-state index in [1.807, 2.05) is 0 Å². The molecule has 2 heteroatoms. The molecule has 2 aliphatic rings. The first kappa shape index (κ1) is 12.0. The molecule has 2 fully saturated rings. The second kappa shape index (κ2) is 4.58. The van der Waals surface area contributed by atoms with E-state index in [-0.39, 0.29) is 0 Å². The maximum absolute atomic E-state index is 6.15. The third-order valence-corrected chi connectivity index (χ3v) is 4.78. The second-order valence-electron chi connectivity index (χ2n) is 5.99. The smallest absolute Gasteiger partial charge is 0.0374 e. The summed E-state index contributed by atoms with van der Waals surface area (Å²) >= 11 is 0. The Kier molecular flexibility index (Phi) is 3.06. The Bertz CT molecular complexity index is 427. The van der Waals surface area contributed by atoms with Crippen molar-refractivity contribution < 1.29 is 0 Å². The maximum atomic E-state index is 6.15. The number of piperidine rings is 1. The third kappa shape index (κ3) is 1.93. The van der Waals surface area contributed by atoms with Crippen LogP contribution in [-0.2, 0) is 6.42 Å². The molecule has 0 aliphatic carbocycles. The first-order valence-electron chi connectivity index (χ1n) is 7.32. The Labute approximate surface area is 110 Å². The van der Waals surface area contributed by atoms with Crippen molar-refractivity contribution in [3.63, 3.8) is 0 Å². The average molecular weight is 244 g/mol. The number of benzene rings is 1. The van der Waals surface area contributed by atoms with Gasteiger partial charge in [-0.2, -0.15) is 0 Å². The van der Waals surface area contributed by atoms with Crippen LogP contribution < -0.4 is 10.6 Å². The average Bonchev–Trinajstić information content (AvgIpc) is 2.63. The highest BCUT2D eigenvalue weighted by Crippen LogP contribution is 2.39. The molecule has 1 aromatic carbocycles. The quantitative estimate of drug-likeness (QED) is 0.866. The van der Waals surface area contributed by atoms with Crippen LogP contribution in [0, 0.1) is 6.92 Å². The van der Waals surface area contributed by atoms with Gasteiger partial charge in [-0.15, -0.1) is 0 Å². The van der Waals surface area contributed by atoms with Crippen LogP contribution in [0.15, 0.2) is 18.2 Å². The van der Waals surface area contributed by atoms with Crippen LogP contribution in [0.3, 0.4) is 0 Å². The number of hydrogen-bond donors (Lipinski definition) is 1. The molecule has 0 spiro atoms. The summed E-state index contributed by atoms with van der Waals surface area (Å²) in [6.45, 7) is 4.45. The predicted molar refractivity (Wildman–Crippen MR) is 77.1 cm³/mol. The minimum atomic E-state index is 0.426. The van der Waals surface area contributed by atoms with Gasteiger partial charge in [0.05, 0.1) is 0 Å². The lowest BCUT2D eigenvalue weighted by atomic mass is 9.96. The van der Waals surface area contributed by atoms with Crippen molar-refractivity contribution in [3.8, 4) is 0 Å². The van der Waals surface area contributed by atoms with E-state index < -0.39 is 0 Å². The predicted octanol–water partition coefficient (Wildman–Crippen LogP) is 3.02. The summed E-state index contributed by atoms with van der Waals surface area (Å²) in [6, 6.07) is 8.78. The molecule has 2 atom stereocenters. The SMILES string of the molecule is CCc1cc(N2C3CCC2CC(N)C3)ccc1C. The van der Waals surface area contributed by atoms with E-state index in [1.54, 1.807) is 0 Å². The topological polar surface area (TPSA) is 29.3 Å². The summed E-state index contributed by atoms with van der Waals surface area (Å²) < 4.78 is 0. The lowest BCUT2D eigenvalue weighted by Gasteiger charge is -2.39. The molecule has 2 N–H and O–H groups in total. The van der Waals surface area contributed by atoms with E-state index in [9.17, 15) is 0 Å². The molecule has 2 unspecified atom stereocenters. The Hall–Kier alpha value is -1.02. The number of nitrogens with two attached hydrogens (primary N) is 1. The lowest BCUT2D eigenvalue weighted by molar-refractivity contribution is 0.414. The Morgan fingerprint density at radius 2 is 1.89 bits per heavy atom. The third-order valence-electron chi connectivity index (χ3n) is 4.78. The highest BCUT2D eigenvalue weighted by molar-refractivity contribution is 5.54. The Balaban J connectivity index is 1.91. The lowest BCUT2D eigenvalue weighted by Crippen LogP contribution is -2.47. The molecule has 1 aromatic rings. The fourth-order valence-corrected chi connectivity index (χ4v) is 3.84. The van der Waals surface area contributed by atoms with Gasteiger partial charge >= 0.3 is 0 Å². The standard InChI is InChI=1S/C16H24N2/c1-3-12-8-14(5-4-11(12)2)18-15-6-7-16(18)10-13(17)9-15/h4-5,8,13,15-16H,3,6-7,9-10,17H2,1-2H3. The van der Waals surface area contributed by atoms with Crippen molar-refractivity contribution >= 4 is 5.69 Å². The van der Waals surface area contributed by atoms with Crippen LogP contribution in [0.4, 0.5) is 5.69 Å². The van der Waals surface area contributed by atoms with Gasteiger partial charge in [0.15, 0.2) is 0 Å². The summed E-state index contributed by atoms with van der Waals surface area (Å²) in [5.74, 6) is 0. The minimum Gasteiger partial charge on any atom is -0.365 e. The molecule has 2 nitrogen and oxygen atoms in total. The summed E-state index contributed by atoms with van der Waals surface area (Å²) in [5, 5.41) is 0. The van der Waals surface area contributed by atoms with Crippen molar-refractivity contribution in [1.29, 1.82) is 0 Å². The summed E-state index contributed by atoms with van der Waals surface area (Å²) in [6.07, 6.45) is 6.13. The molecule has 18 heavy (non-hydrogen) atoms. The highest BCUT2D eigenvalue weighted by Gasteiger charge is 2.39. The minimum absolute atomic E-state index is 0.426. The van der Waals surface area contributed by atoms with Crippen molar-refractivity contribution in [2.45, 2.75) is 64.1 Å². The van der Waals surface area contributed by atoms with Gasteiger partial charge in [-0.25, -0.2) is 0 Å². The summed E-state index contributed by atoms with van der Waals surface area (Å²) in [4.78, 5) is 2.65. The van der Waals surface area contributed by atoms with E-state index in [1.165, 1.54) is 42.5 Å². The molecule has 0 amide bonds. The zero-order chi connectivity index (χ0) is 12.7. The van der Waals surface area contributed by atoms with Crippen LogP contribution in [-0.4, -0.2) is 18.1 Å². The normalized spacial score (nSPS) is 30.8. The zero-order valence-electron chi connectivity index (χ0n) is 11.5. The fourth-order valence-electron chi connectivity index (χ4n) is 3.84. The molecular formula is C16H24N2. The van der Waals surface area contributed by atoms with Gasteiger partial charge in [0.2, 0.25) is 0 Å².